The van der Waals surface area contributed by atoms with Crippen LogP contribution < -0.4 is 4.74 Å². The smallest absolute Gasteiger partial charge is 0.356 e. The minimum absolute atomic E-state index is 0.0145. The van der Waals surface area contributed by atoms with Gasteiger partial charge in [-0.3, -0.25) is 0 Å². The van der Waals surface area contributed by atoms with Crippen LogP contribution in [0.25, 0.3) is 5.65 Å². The van der Waals surface area contributed by atoms with Crippen LogP contribution in [0.15, 0.2) is 24.5 Å². The van der Waals surface area contributed by atoms with E-state index in [9.17, 15) is 4.79 Å². The zero-order valence-electron chi connectivity index (χ0n) is 8.33. The maximum Gasteiger partial charge on any atom is 0.356 e. The van der Waals surface area contributed by atoms with Crippen molar-refractivity contribution in [2.75, 3.05) is 13.2 Å². The summed E-state index contributed by atoms with van der Waals surface area (Å²) in [5.41, 5.74) is 0.521. The van der Waals surface area contributed by atoms with E-state index in [1.807, 2.05) is 0 Å². The molecule has 0 radical (unpaired) electrons. The Morgan fingerprint density at radius 3 is 2.94 bits per heavy atom. The van der Waals surface area contributed by atoms with Crippen LogP contribution in [0.1, 0.15) is 10.5 Å². The summed E-state index contributed by atoms with van der Waals surface area (Å²) in [6.45, 7) is 0.133. The second-order valence-electron chi connectivity index (χ2n) is 3.13. The van der Waals surface area contributed by atoms with Gasteiger partial charge in [-0.1, -0.05) is 0 Å². The molecule has 6 nitrogen and oxygen atoms in total. The van der Waals surface area contributed by atoms with Crippen LogP contribution in [0.3, 0.4) is 0 Å². The predicted octanol–water partition coefficient (Wildman–Crippen LogP) is 0.404. The molecule has 0 aromatic carbocycles. The fraction of sp³-hybridized carbons (Fsp3) is 0.200. The molecule has 0 aliphatic rings. The summed E-state index contributed by atoms with van der Waals surface area (Å²) in [6.07, 6.45) is 3.02. The van der Waals surface area contributed by atoms with Crippen molar-refractivity contribution in [2.24, 2.45) is 0 Å². The Morgan fingerprint density at radius 1 is 1.44 bits per heavy atom. The molecule has 0 atom stereocenters. The molecular weight excluding hydrogens is 212 g/mol. The Kier molecular flexibility index (Phi) is 2.74. The summed E-state index contributed by atoms with van der Waals surface area (Å²) in [6, 6.07) is 3.32. The molecule has 2 aromatic rings. The van der Waals surface area contributed by atoms with E-state index in [2.05, 4.69) is 4.98 Å². The molecule has 2 rings (SSSR count). The zero-order chi connectivity index (χ0) is 11.5. The molecule has 2 heterocycles. The molecule has 0 aliphatic heterocycles. The Hall–Kier alpha value is -2.08. The number of ether oxygens (including phenoxy) is 1. The number of fused-ring (bicyclic) bond motifs is 1. The Morgan fingerprint density at radius 2 is 2.25 bits per heavy atom. The fourth-order valence-corrected chi connectivity index (χ4v) is 1.32. The van der Waals surface area contributed by atoms with Gasteiger partial charge in [0.05, 0.1) is 12.8 Å². The van der Waals surface area contributed by atoms with Gasteiger partial charge >= 0.3 is 5.97 Å². The lowest BCUT2D eigenvalue weighted by atomic mass is 10.4. The number of hydrogen-bond donors (Lipinski definition) is 2. The highest BCUT2D eigenvalue weighted by Gasteiger charge is 2.08. The van der Waals surface area contributed by atoms with Gasteiger partial charge in [-0.2, -0.15) is 0 Å². The van der Waals surface area contributed by atoms with Crippen LogP contribution in [0, 0.1) is 0 Å². The third-order valence-electron chi connectivity index (χ3n) is 2.00. The first kappa shape index (κ1) is 10.4. The third-order valence-corrected chi connectivity index (χ3v) is 2.00. The van der Waals surface area contributed by atoms with Crippen molar-refractivity contribution in [1.82, 2.24) is 9.38 Å². The molecular formula is C10H10N2O4. The van der Waals surface area contributed by atoms with E-state index in [0.29, 0.717) is 11.4 Å². The third kappa shape index (κ3) is 1.96. The van der Waals surface area contributed by atoms with Gasteiger partial charge < -0.3 is 19.4 Å². The van der Waals surface area contributed by atoms with E-state index in [4.69, 9.17) is 14.9 Å². The number of pyridine rings is 1. The number of aromatic carboxylic acids is 1. The van der Waals surface area contributed by atoms with E-state index in [0.717, 1.165) is 0 Å². The van der Waals surface area contributed by atoms with E-state index in [1.54, 1.807) is 22.7 Å². The molecule has 84 valence electrons. The maximum absolute atomic E-state index is 10.7. The van der Waals surface area contributed by atoms with E-state index >= 15 is 0 Å². The van der Waals surface area contributed by atoms with Gasteiger partial charge in [-0.25, -0.2) is 9.78 Å². The number of carbonyl (C=O) groups is 1. The van der Waals surface area contributed by atoms with Gasteiger partial charge in [0.2, 0.25) is 0 Å². The number of carboxylic acid groups (broad SMARTS) is 1. The topological polar surface area (TPSA) is 84.1 Å². The second kappa shape index (κ2) is 4.19. The lowest BCUT2D eigenvalue weighted by Gasteiger charge is -2.03. The number of rotatable bonds is 4. The molecule has 0 spiro atoms. The van der Waals surface area contributed by atoms with E-state index < -0.39 is 5.97 Å². The fourth-order valence-electron chi connectivity index (χ4n) is 1.32. The van der Waals surface area contributed by atoms with Crippen molar-refractivity contribution >= 4 is 11.6 Å². The molecule has 2 N–H and O–H groups in total. The number of aliphatic hydroxyl groups excluding tert-OH is 1. The molecule has 0 saturated carbocycles. The zero-order valence-corrected chi connectivity index (χ0v) is 8.33. The summed E-state index contributed by atoms with van der Waals surface area (Å²) in [5, 5.41) is 17.4. The van der Waals surface area contributed by atoms with Crippen LogP contribution in [0.4, 0.5) is 0 Å². The first-order chi connectivity index (χ1) is 7.70. The first-order valence-corrected chi connectivity index (χ1v) is 4.66. The van der Waals surface area contributed by atoms with Gasteiger partial charge in [0.25, 0.3) is 0 Å². The second-order valence-corrected chi connectivity index (χ2v) is 3.13. The largest absolute Gasteiger partial charge is 0.490 e. The van der Waals surface area contributed by atoms with Gasteiger partial charge in [0.1, 0.15) is 18.0 Å². The molecule has 0 bridgehead atoms. The molecule has 0 amide bonds. The highest BCUT2D eigenvalue weighted by atomic mass is 16.5. The van der Waals surface area contributed by atoms with Gasteiger partial charge in [-0.05, 0) is 12.1 Å². The number of hydrogen-bond acceptors (Lipinski definition) is 4. The summed E-state index contributed by atoms with van der Waals surface area (Å²) in [4.78, 5) is 14.6. The van der Waals surface area contributed by atoms with Gasteiger partial charge in [-0.15, -0.1) is 0 Å². The van der Waals surface area contributed by atoms with Crippen molar-refractivity contribution < 1.29 is 19.7 Å². The lowest BCUT2D eigenvalue weighted by Crippen LogP contribution is -2.02. The molecule has 0 fully saturated rings. The van der Waals surface area contributed by atoms with Crippen molar-refractivity contribution in [3.05, 3.63) is 30.2 Å². The van der Waals surface area contributed by atoms with Crippen LogP contribution in [-0.2, 0) is 0 Å². The van der Waals surface area contributed by atoms with Crippen molar-refractivity contribution in [2.45, 2.75) is 0 Å². The molecule has 0 unspecified atom stereocenters. The Bertz CT molecular complexity index is 521. The molecule has 0 saturated heterocycles. The number of imidazole rings is 1. The number of aromatic nitrogens is 2. The molecule has 16 heavy (non-hydrogen) atoms. The maximum atomic E-state index is 10.7. The van der Waals surface area contributed by atoms with Gasteiger partial charge in [0.15, 0.2) is 5.69 Å². The van der Waals surface area contributed by atoms with Crippen LogP contribution >= 0.6 is 0 Å². The summed E-state index contributed by atoms with van der Waals surface area (Å²) >= 11 is 0. The summed E-state index contributed by atoms with van der Waals surface area (Å²) < 4.78 is 6.75. The van der Waals surface area contributed by atoms with E-state index in [-0.39, 0.29) is 18.9 Å². The van der Waals surface area contributed by atoms with Gasteiger partial charge in [0, 0.05) is 6.20 Å². The summed E-state index contributed by atoms with van der Waals surface area (Å²) in [7, 11) is 0. The minimum atomic E-state index is -1.07. The predicted molar refractivity (Wildman–Crippen MR) is 54.7 cm³/mol. The molecule has 2 aromatic heterocycles. The average Bonchev–Trinajstić information content (AvgIpc) is 2.69. The quantitative estimate of drug-likeness (QED) is 0.782. The van der Waals surface area contributed by atoms with E-state index in [1.165, 1.54) is 6.20 Å². The highest BCUT2D eigenvalue weighted by Crippen LogP contribution is 2.13. The van der Waals surface area contributed by atoms with Crippen LogP contribution in [0.2, 0.25) is 0 Å². The van der Waals surface area contributed by atoms with Crippen molar-refractivity contribution in [3.63, 3.8) is 0 Å². The molecule has 6 heteroatoms. The van der Waals surface area contributed by atoms with Crippen LogP contribution in [-0.4, -0.2) is 38.8 Å². The number of aliphatic hydroxyl groups is 1. The van der Waals surface area contributed by atoms with Crippen LogP contribution in [0.5, 0.6) is 5.75 Å². The summed E-state index contributed by atoms with van der Waals surface area (Å²) in [5.74, 6) is -0.516. The average molecular weight is 222 g/mol. The monoisotopic (exact) mass is 222 g/mol. The lowest BCUT2D eigenvalue weighted by molar-refractivity contribution is 0.0691. The Balaban J connectivity index is 2.34. The SMILES string of the molecule is O=C(O)c1cn2cc(OCCO)ccc2n1. The van der Waals surface area contributed by atoms with Crippen molar-refractivity contribution in [1.29, 1.82) is 0 Å². The van der Waals surface area contributed by atoms with Crippen molar-refractivity contribution in [3.8, 4) is 5.75 Å². The first-order valence-electron chi connectivity index (χ1n) is 4.66. The normalized spacial score (nSPS) is 10.6. The standard InChI is InChI=1S/C10H10N2O4/c13-3-4-16-7-1-2-9-11-8(10(14)15)6-12(9)5-7/h1-2,5-6,13H,3-4H2,(H,14,15). The number of carboxylic acids is 1. The Labute approximate surface area is 90.7 Å². The minimum Gasteiger partial charge on any atom is -0.490 e. The highest BCUT2D eigenvalue weighted by molar-refractivity contribution is 5.86. The number of nitrogens with zero attached hydrogens (tertiary/aromatic N) is 2. The molecule has 0 aliphatic carbocycles.